The van der Waals surface area contributed by atoms with Crippen LogP contribution in [0.2, 0.25) is 0 Å². The molecule has 0 aliphatic heterocycles. The monoisotopic (exact) mass is 251 g/mol. The summed E-state index contributed by atoms with van der Waals surface area (Å²) in [6.45, 7) is 0.0305. The Morgan fingerprint density at radius 1 is 1.44 bits per heavy atom. The van der Waals surface area contributed by atoms with Crippen molar-refractivity contribution >= 4 is 17.9 Å². The first-order chi connectivity index (χ1) is 8.60. The fraction of sp³-hybridized carbons (Fsp3) is 0.0909. The van der Waals surface area contributed by atoms with Crippen LogP contribution in [-0.4, -0.2) is 11.2 Å². The minimum Gasteiger partial charge on any atom is -0.484 e. The Kier molecular flexibility index (Phi) is 3.13. The maximum atomic E-state index is 13.6. The second kappa shape index (κ2) is 4.74. The van der Waals surface area contributed by atoms with Crippen LogP contribution in [0.25, 0.3) is 0 Å². The lowest BCUT2D eigenvalue weighted by Crippen LogP contribution is -2.30. The zero-order valence-electron chi connectivity index (χ0n) is 9.39. The van der Waals surface area contributed by atoms with Crippen molar-refractivity contribution in [1.29, 1.82) is 0 Å². The third-order valence-electron chi connectivity index (χ3n) is 2.26. The SMILES string of the molecule is Nc1nc(COc2cc(N)c(C=[NH2+])cc2F)co1. The quantitative estimate of drug-likeness (QED) is 0.511. The van der Waals surface area contributed by atoms with E-state index in [0.717, 1.165) is 0 Å². The average Bonchev–Trinajstić information content (AvgIpc) is 2.75. The maximum Gasteiger partial charge on any atom is 0.292 e. The Morgan fingerprint density at radius 2 is 2.22 bits per heavy atom. The van der Waals surface area contributed by atoms with Crippen LogP contribution < -0.4 is 21.6 Å². The smallest absolute Gasteiger partial charge is 0.292 e. The van der Waals surface area contributed by atoms with Gasteiger partial charge in [-0.15, -0.1) is 0 Å². The highest BCUT2D eigenvalue weighted by atomic mass is 19.1. The van der Waals surface area contributed by atoms with Gasteiger partial charge in [-0.05, 0) is 6.07 Å². The Hall–Kier alpha value is -2.57. The van der Waals surface area contributed by atoms with Crippen LogP contribution in [0.5, 0.6) is 5.75 Å². The summed E-state index contributed by atoms with van der Waals surface area (Å²) < 4.78 is 23.6. The van der Waals surface area contributed by atoms with E-state index in [-0.39, 0.29) is 18.4 Å². The molecule has 6 nitrogen and oxygen atoms in total. The normalized spacial score (nSPS) is 10.3. The Balaban J connectivity index is 2.14. The molecule has 7 heteroatoms. The summed E-state index contributed by atoms with van der Waals surface area (Å²) in [4.78, 5) is 3.82. The number of hydrogen-bond acceptors (Lipinski definition) is 5. The third-order valence-corrected chi connectivity index (χ3v) is 2.26. The Bertz CT molecular complexity index is 582. The molecule has 0 aliphatic rings. The standard InChI is InChI=1S/C11H11FN4O2/c12-8-1-6(3-13)9(14)2-10(8)17-4-7-5-18-11(15)16-7/h1-3,5,13H,4,14H2,(H2,15,16)/p+1. The van der Waals surface area contributed by atoms with Crippen molar-refractivity contribution in [3.63, 3.8) is 0 Å². The van der Waals surface area contributed by atoms with E-state index in [1.54, 1.807) is 0 Å². The van der Waals surface area contributed by atoms with Crippen LogP contribution in [-0.2, 0) is 6.61 Å². The molecular weight excluding hydrogens is 239 g/mol. The average molecular weight is 251 g/mol. The number of anilines is 2. The minimum absolute atomic E-state index is 0.0136. The van der Waals surface area contributed by atoms with Crippen molar-refractivity contribution < 1.29 is 19.0 Å². The zero-order chi connectivity index (χ0) is 13.1. The molecule has 0 saturated heterocycles. The third kappa shape index (κ3) is 2.40. The highest BCUT2D eigenvalue weighted by Crippen LogP contribution is 2.24. The van der Waals surface area contributed by atoms with Crippen molar-refractivity contribution in [3.05, 3.63) is 35.5 Å². The summed E-state index contributed by atoms with van der Waals surface area (Å²) in [5, 5.41) is 5.29. The molecule has 2 rings (SSSR count). The number of hydrogen-bond donors (Lipinski definition) is 3. The fourth-order valence-electron chi connectivity index (χ4n) is 1.38. The molecular formula is C11H12FN4O2+. The van der Waals surface area contributed by atoms with Crippen LogP contribution >= 0.6 is 0 Å². The van der Waals surface area contributed by atoms with Crippen molar-refractivity contribution in [2.75, 3.05) is 11.5 Å². The highest BCUT2D eigenvalue weighted by Gasteiger charge is 2.10. The number of nitrogens with two attached hydrogens (primary N) is 3. The molecule has 0 atom stereocenters. The molecule has 0 unspecified atom stereocenters. The van der Waals surface area contributed by atoms with Gasteiger partial charge < -0.3 is 20.6 Å². The van der Waals surface area contributed by atoms with Crippen LogP contribution in [0.1, 0.15) is 11.3 Å². The van der Waals surface area contributed by atoms with Gasteiger partial charge in [0.1, 0.15) is 18.6 Å². The van der Waals surface area contributed by atoms with Crippen LogP contribution in [0.15, 0.2) is 22.8 Å². The number of aromatic nitrogens is 1. The van der Waals surface area contributed by atoms with Gasteiger partial charge in [0, 0.05) is 11.8 Å². The van der Waals surface area contributed by atoms with Gasteiger partial charge in [-0.25, -0.2) is 4.39 Å². The van der Waals surface area contributed by atoms with Crippen LogP contribution in [0, 0.1) is 5.82 Å². The van der Waals surface area contributed by atoms with E-state index in [1.165, 1.54) is 24.6 Å². The largest absolute Gasteiger partial charge is 0.484 e. The fourth-order valence-corrected chi connectivity index (χ4v) is 1.38. The van der Waals surface area contributed by atoms with Gasteiger partial charge in [0.2, 0.25) is 0 Å². The van der Waals surface area contributed by atoms with Gasteiger partial charge in [-0.1, -0.05) is 0 Å². The lowest BCUT2D eigenvalue weighted by atomic mass is 10.2. The van der Waals surface area contributed by atoms with E-state index in [4.69, 9.17) is 26.0 Å². The Labute approximate surface area is 102 Å². The van der Waals surface area contributed by atoms with Gasteiger partial charge in [-0.2, -0.15) is 4.98 Å². The molecule has 0 spiro atoms. The number of ether oxygens (including phenoxy) is 1. The number of rotatable bonds is 4. The van der Waals surface area contributed by atoms with E-state index in [2.05, 4.69) is 4.98 Å². The second-order valence-electron chi connectivity index (χ2n) is 3.54. The number of benzene rings is 1. The molecule has 6 N–H and O–H groups in total. The van der Waals surface area contributed by atoms with Crippen molar-refractivity contribution in [2.45, 2.75) is 6.61 Å². The molecule has 2 aromatic rings. The van der Waals surface area contributed by atoms with Gasteiger partial charge in [-0.3, -0.25) is 5.41 Å². The first-order valence-electron chi connectivity index (χ1n) is 5.07. The van der Waals surface area contributed by atoms with Crippen LogP contribution in [0.4, 0.5) is 16.1 Å². The first kappa shape index (κ1) is 11.9. The topological polar surface area (TPSA) is 113 Å². The summed E-state index contributed by atoms with van der Waals surface area (Å²) in [5.41, 5.74) is 12.1. The predicted molar refractivity (Wildman–Crippen MR) is 63.2 cm³/mol. The number of nitrogen functional groups attached to an aromatic ring is 2. The molecule has 1 aromatic carbocycles. The number of oxazole rings is 1. The molecule has 0 saturated carbocycles. The lowest BCUT2D eigenvalue weighted by Gasteiger charge is -2.07. The molecule has 0 bridgehead atoms. The van der Waals surface area contributed by atoms with Crippen molar-refractivity contribution in [1.82, 2.24) is 4.98 Å². The van der Waals surface area contributed by atoms with E-state index in [9.17, 15) is 4.39 Å². The van der Waals surface area contributed by atoms with Gasteiger partial charge in [0.05, 0.1) is 5.56 Å². The molecule has 1 aromatic heterocycles. The Morgan fingerprint density at radius 3 is 2.83 bits per heavy atom. The van der Waals surface area contributed by atoms with E-state index in [0.29, 0.717) is 16.9 Å². The van der Waals surface area contributed by atoms with Crippen molar-refractivity contribution in [2.24, 2.45) is 0 Å². The number of nitrogens with zero attached hydrogens (tertiary/aromatic N) is 1. The summed E-state index contributed by atoms with van der Waals surface area (Å²) in [7, 11) is 0. The first-order valence-corrected chi connectivity index (χ1v) is 5.07. The molecule has 94 valence electrons. The van der Waals surface area contributed by atoms with Gasteiger partial charge in [0.15, 0.2) is 17.8 Å². The van der Waals surface area contributed by atoms with Gasteiger partial charge in [0.25, 0.3) is 6.01 Å². The summed E-state index contributed by atoms with van der Waals surface area (Å²) in [5.74, 6) is -0.544. The summed E-state index contributed by atoms with van der Waals surface area (Å²) in [6.07, 6.45) is 2.55. The molecule has 0 fully saturated rings. The molecule has 0 radical (unpaired) electrons. The van der Waals surface area contributed by atoms with Crippen molar-refractivity contribution in [3.8, 4) is 5.75 Å². The summed E-state index contributed by atoms with van der Waals surface area (Å²) >= 11 is 0. The zero-order valence-corrected chi connectivity index (χ0v) is 9.39. The molecule has 1 heterocycles. The second-order valence-corrected chi connectivity index (χ2v) is 3.54. The van der Waals surface area contributed by atoms with E-state index >= 15 is 0 Å². The molecule has 0 amide bonds. The minimum atomic E-state index is -0.558. The highest BCUT2D eigenvalue weighted by molar-refractivity contribution is 5.83. The van der Waals surface area contributed by atoms with E-state index in [1.807, 2.05) is 0 Å². The summed E-state index contributed by atoms with van der Waals surface area (Å²) in [6, 6.07) is 2.58. The predicted octanol–water partition coefficient (Wildman–Crippen LogP) is -0.265. The van der Waals surface area contributed by atoms with Crippen LogP contribution in [0.3, 0.4) is 0 Å². The maximum absolute atomic E-state index is 13.6. The van der Waals surface area contributed by atoms with E-state index < -0.39 is 5.82 Å². The molecule has 0 aliphatic carbocycles. The lowest BCUT2D eigenvalue weighted by molar-refractivity contribution is -0.104. The number of halogens is 1. The van der Waals surface area contributed by atoms with Gasteiger partial charge >= 0.3 is 0 Å². The molecule has 18 heavy (non-hydrogen) atoms.